The van der Waals surface area contributed by atoms with Gasteiger partial charge in [-0.25, -0.2) is 4.99 Å². The predicted molar refractivity (Wildman–Crippen MR) is 85.8 cm³/mol. The maximum atomic E-state index is 11.1. The third kappa shape index (κ3) is 1.99. The van der Waals surface area contributed by atoms with Gasteiger partial charge in [-0.05, 0) is 29.8 Å². The Hall–Kier alpha value is -2.04. The maximum Gasteiger partial charge on any atom is 0.152 e. The molecule has 0 radical (unpaired) electrons. The van der Waals surface area contributed by atoms with Gasteiger partial charge in [-0.3, -0.25) is 0 Å². The van der Waals surface area contributed by atoms with Gasteiger partial charge in [0.15, 0.2) is 5.60 Å². The average Bonchev–Trinajstić information content (AvgIpc) is 2.99. The Kier molecular flexibility index (Phi) is 2.93. The van der Waals surface area contributed by atoms with Gasteiger partial charge in [0, 0.05) is 23.4 Å². The molecule has 0 saturated carbocycles. The molecule has 4 nitrogen and oxygen atoms in total. The van der Waals surface area contributed by atoms with Gasteiger partial charge in [0.25, 0.3) is 0 Å². The first kappa shape index (κ1) is 13.6. The van der Waals surface area contributed by atoms with Gasteiger partial charge in [-0.1, -0.05) is 29.8 Å². The van der Waals surface area contributed by atoms with Crippen molar-refractivity contribution >= 4 is 23.1 Å². The van der Waals surface area contributed by atoms with E-state index in [4.69, 9.17) is 22.1 Å². The van der Waals surface area contributed by atoms with Crippen LogP contribution in [-0.4, -0.2) is 17.0 Å². The zero-order chi connectivity index (χ0) is 15.3. The summed E-state index contributed by atoms with van der Waals surface area (Å²) in [6, 6.07) is 13.1. The van der Waals surface area contributed by atoms with Crippen molar-refractivity contribution in [1.29, 1.82) is 0 Å². The molecule has 0 spiro atoms. The standard InChI is InChI=1S/C17H15ClN2O2/c18-11-5-6-14-13(8-11)17(21,16(19)20-14)9-12-7-10-3-1-2-4-15(10)22-12/h1-6,8,12,21H,7,9H2,(H2,19,20). The summed E-state index contributed by atoms with van der Waals surface area (Å²) in [7, 11) is 0. The summed E-state index contributed by atoms with van der Waals surface area (Å²) in [5.41, 5.74) is 7.14. The van der Waals surface area contributed by atoms with Gasteiger partial charge in [-0.15, -0.1) is 0 Å². The number of para-hydroxylation sites is 1. The van der Waals surface area contributed by atoms with E-state index in [1.165, 1.54) is 0 Å². The molecule has 112 valence electrons. The first-order valence-corrected chi connectivity index (χ1v) is 7.56. The molecule has 0 amide bonds. The molecule has 22 heavy (non-hydrogen) atoms. The van der Waals surface area contributed by atoms with Crippen LogP contribution in [0.2, 0.25) is 5.02 Å². The van der Waals surface area contributed by atoms with Gasteiger partial charge in [0.2, 0.25) is 0 Å². The lowest BCUT2D eigenvalue weighted by Crippen LogP contribution is -2.42. The van der Waals surface area contributed by atoms with Gasteiger partial charge in [0.1, 0.15) is 17.7 Å². The number of fused-ring (bicyclic) bond motifs is 2. The first-order valence-electron chi connectivity index (χ1n) is 7.18. The van der Waals surface area contributed by atoms with Gasteiger partial charge >= 0.3 is 0 Å². The van der Waals surface area contributed by atoms with E-state index in [-0.39, 0.29) is 11.9 Å². The van der Waals surface area contributed by atoms with Crippen molar-refractivity contribution in [2.24, 2.45) is 10.7 Å². The molecule has 3 N–H and O–H groups in total. The van der Waals surface area contributed by atoms with Gasteiger partial charge in [0.05, 0.1) is 5.69 Å². The number of hydrogen-bond acceptors (Lipinski definition) is 4. The molecule has 2 heterocycles. The van der Waals surface area contributed by atoms with Crippen molar-refractivity contribution in [2.45, 2.75) is 24.5 Å². The van der Waals surface area contributed by atoms with Crippen molar-refractivity contribution in [3.63, 3.8) is 0 Å². The number of amidine groups is 1. The molecule has 0 saturated heterocycles. The molecule has 0 aliphatic carbocycles. The highest BCUT2D eigenvalue weighted by Gasteiger charge is 2.44. The third-order valence-electron chi connectivity index (χ3n) is 4.31. The number of benzene rings is 2. The van der Waals surface area contributed by atoms with Crippen molar-refractivity contribution in [3.8, 4) is 5.75 Å². The number of hydrogen-bond donors (Lipinski definition) is 2. The van der Waals surface area contributed by atoms with Crippen molar-refractivity contribution in [3.05, 3.63) is 58.6 Å². The fourth-order valence-corrected chi connectivity index (χ4v) is 3.38. The van der Waals surface area contributed by atoms with Crippen LogP contribution in [0.25, 0.3) is 0 Å². The Bertz CT molecular complexity index is 765. The lowest BCUT2D eigenvalue weighted by atomic mass is 9.87. The van der Waals surface area contributed by atoms with E-state index in [9.17, 15) is 5.11 Å². The molecule has 4 rings (SSSR count). The van der Waals surface area contributed by atoms with E-state index in [0.29, 0.717) is 22.7 Å². The number of halogens is 1. The van der Waals surface area contributed by atoms with E-state index >= 15 is 0 Å². The van der Waals surface area contributed by atoms with E-state index < -0.39 is 5.60 Å². The molecule has 2 unspecified atom stereocenters. The van der Waals surface area contributed by atoms with E-state index in [0.717, 1.165) is 17.7 Å². The summed E-state index contributed by atoms with van der Waals surface area (Å²) in [4.78, 5) is 4.27. The lowest BCUT2D eigenvalue weighted by molar-refractivity contribution is 0.0585. The zero-order valence-electron chi connectivity index (χ0n) is 11.8. The highest BCUT2D eigenvalue weighted by atomic mass is 35.5. The molecule has 5 heteroatoms. The minimum Gasteiger partial charge on any atom is -0.490 e. The lowest BCUT2D eigenvalue weighted by Gasteiger charge is -2.27. The summed E-state index contributed by atoms with van der Waals surface area (Å²) >= 11 is 6.05. The second kappa shape index (κ2) is 4.73. The van der Waals surface area contributed by atoms with E-state index in [1.807, 2.05) is 24.3 Å². The fraction of sp³-hybridized carbons (Fsp3) is 0.235. The number of nitrogens with two attached hydrogens (primary N) is 1. The van der Waals surface area contributed by atoms with Crippen LogP contribution >= 0.6 is 11.6 Å². The number of aliphatic imine (C=N–C) groups is 1. The van der Waals surface area contributed by atoms with Crippen LogP contribution in [-0.2, 0) is 12.0 Å². The van der Waals surface area contributed by atoms with Gasteiger partial charge < -0.3 is 15.6 Å². The van der Waals surface area contributed by atoms with Crippen LogP contribution in [0.15, 0.2) is 47.5 Å². The van der Waals surface area contributed by atoms with E-state index in [2.05, 4.69) is 4.99 Å². The topological polar surface area (TPSA) is 67.8 Å². The third-order valence-corrected chi connectivity index (χ3v) is 4.54. The summed E-state index contributed by atoms with van der Waals surface area (Å²) in [6.07, 6.45) is 0.965. The first-order chi connectivity index (χ1) is 10.6. The Morgan fingerprint density at radius 3 is 2.95 bits per heavy atom. The Labute approximate surface area is 133 Å². The molecular formula is C17H15ClN2O2. The average molecular weight is 315 g/mol. The van der Waals surface area contributed by atoms with Crippen molar-refractivity contribution in [2.75, 3.05) is 0 Å². The van der Waals surface area contributed by atoms with Crippen LogP contribution in [0.5, 0.6) is 5.75 Å². The summed E-state index contributed by atoms with van der Waals surface area (Å²) in [6.45, 7) is 0. The molecule has 2 aliphatic rings. The highest BCUT2D eigenvalue weighted by Crippen LogP contribution is 2.43. The number of aliphatic hydroxyl groups is 1. The molecule has 2 atom stereocenters. The SMILES string of the molecule is NC1=Nc2ccc(Cl)cc2C1(O)CC1Cc2ccccc2O1. The van der Waals surface area contributed by atoms with Crippen LogP contribution in [0.3, 0.4) is 0 Å². The molecule has 0 bridgehead atoms. The van der Waals surface area contributed by atoms with Crippen LogP contribution < -0.4 is 10.5 Å². The predicted octanol–water partition coefficient (Wildman–Crippen LogP) is 2.92. The molecule has 2 aromatic rings. The van der Waals surface area contributed by atoms with Crippen molar-refractivity contribution in [1.82, 2.24) is 0 Å². The fourth-order valence-electron chi connectivity index (χ4n) is 3.21. The van der Waals surface area contributed by atoms with Crippen molar-refractivity contribution < 1.29 is 9.84 Å². The summed E-state index contributed by atoms with van der Waals surface area (Å²) in [5.74, 6) is 1.07. The second-order valence-electron chi connectivity index (χ2n) is 5.77. The van der Waals surface area contributed by atoms with Crippen LogP contribution in [0.1, 0.15) is 17.5 Å². The van der Waals surface area contributed by atoms with Crippen LogP contribution in [0.4, 0.5) is 5.69 Å². The second-order valence-corrected chi connectivity index (χ2v) is 6.21. The van der Waals surface area contributed by atoms with Gasteiger partial charge in [-0.2, -0.15) is 0 Å². The van der Waals surface area contributed by atoms with Crippen LogP contribution in [0, 0.1) is 0 Å². The highest BCUT2D eigenvalue weighted by molar-refractivity contribution is 6.30. The number of rotatable bonds is 2. The smallest absolute Gasteiger partial charge is 0.152 e. The zero-order valence-corrected chi connectivity index (χ0v) is 12.5. The molecule has 2 aliphatic heterocycles. The maximum absolute atomic E-state index is 11.1. The monoisotopic (exact) mass is 314 g/mol. The number of ether oxygens (including phenoxy) is 1. The quantitative estimate of drug-likeness (QED) is 0.895. The summed E-state index contributed by atoms with van der Waals surface area (Å²) < 4.78 is 5.92. The van der Waals surface area contributed by atoms with E-state index in [1.54, 1.807) is 18.2 Å². The minimum absolute atomic E-state index is 0.138. The Balaban J connectivity index is 1.64. The minimum atomic E-state index is -1.33. The molecule has 2 aromatic carbocycles. The molecule has 0 aromatic heterocycles. The summed E-state index contributed by atoms with van der Waals surface area (Å²) in [5, 5.41) is 11.6. The molecule has 0 fully saturated rings. The Morgan fingerprint density at radius 1 is 1.32 bits per heavy atom. The molecular weight excluding hydrogens is 300 g/mol. The Morgan fingerprint density at radius 2 is 2.14 bits per heavy atom. The normalized spacial score (nSPS) is 25.4. The largest absolute Gasteiger partial charge is 0.490 e. The number of nitrogens with zero attached hydrogens (tertiary/aromatic N) is 1.